The molecule has 4 rings (SSSR count). The second kappa shape index (κ2) is 9.09. The number of carbonyl (C=O) groups excluding carboxylic acids is 1. The number of carbonyl (C=O) groups is 1. The van der Waals surface area contributed by atoms with Gasteiger partial charge in [0.15, 0.2) is 10.3 Å². The lowest BCUT2D eigenvalue weighted by Crippen LogP contribution is -2.23. The van der Waals surface area contributed by atoms with Gasteiger partial charge in [-0.1, -0.05) is 53.2 Å². The lowest BCUT2D eigenvalue weighted by molar-refractivity contribution is -0.113. The van der Waals surface area contributed by atoms with Crippen LogP contribution in [0.2, 0.25) is 10.2 Å². The molecule has 6 nitrogen and oxygen atoms in total. The maximum absolute atomic E-state index is 13.3. The number of hydrogen-bond donors (Lipinski definition) is 1. The zero-order chi connectivity index (χ0) is 22.0. The first-order valence-corrected chi connectivity index (χ1v) is 11.0. The number of nitrogens with zero attached hydrogens (tertiary/aromatic N) is 3. The number of amides is 1. The highest BCUT2D eigenvalue weighted by Crippen LogP contribution is 2.27. The monoisotopic (exact) mass is 470 g/mol. The van der Waals surface area contributed by atoms with E-state index in [1.54, 1.807) is 48.5 Å². The van der Waals surface area contributed by atoms with Crippen molar-refractivity contribution in [3.63, 3.8) is 0 Å². The molecule has 0 saturated carbocycles. The van der Waals surface area contributed by atoms with Gasteiger partial charge in [0.2, 0.25) is 5.91 Å². The normalized spacial score (nSPS) is 10.9. The summed E-state index contributed by atoms with van der Waals surface area (Å²) in [6.45, 7) is 1.84. The summed E-state index contributed by atoms with van der Waals surface area (Å²) in [6, 6.07) is 15.8. The SMILES string of the molecule is Cc1c(Cl)cccc1-n1c(SCC(=O)Nc2cccnc2Cl)nc2ccccc2c1=O. The van der Waals surface area contributed by atoms with Crippen LogP contribution in [0.3, 0.4) is 0 Å². The van der Waals surface area contributed by atoms with Crippen molar-refractivity contribution in [2.24, 2.45) is 0 Å². The summed E-state index contributed by atoms with van der Waals surface area (Å²) in [4.78, 5) is 34.4. The molecule has 1 N–H and O–H groups in total. The number of benzene rings is 2. The minimum atomic E-state index is -0.295. The fourth-order valence-electron chi connectivity index (χ4n) is 3.06. The average molecular weight is 471 g/mol. The number of hydrogen-bond acceptors (Lipinski definition) is 5. The van der Waals surface area contributed by atoms with Gasteiger partial charge in [-0.2, -0.15) is 0 Å². The number of halogens is 2. The van der Waals surface area contributed by atoms with E-state index >= 15 is 0 Å². The molecule has 0 bridgehead atoms. The van der Waals surface area contributed by atoms with Crippen molar-refractivity contribution in [1.82, 2.24) is 14.5 Å². The van der Waals surface area contributed by atoms with Crippen LogP contribution in [0.15, 0.2) is 70.7 Å². The van der Waals surface area contributed by atoms with Gasteiger partial charge >= 0.3 is 0 Å². The van der Waals surface area contributed by atoms with E-state index in [9.17, 15) is 9.59 Å². The summed E-state index contributed by atoms with van der Waals surface area (Å²) >= 11 is 13.5. The topological polar surface area (TPSA) is 76.9 Å². The van der Waals surface area contributed by atoms with E-state index in [-0.39, 0.29) is 22.4 Å². The third-order valence-electron chi connectivity index (χ3n) is 4.59. The number of thioether (sulfide) groups is 1. The quantitative estimate of drug-likeness (QED) is 0.248. The minimum Gasteiger partial charge on any atom is -0.323 e. The molecule has 0 aliphatic carbocycles. The maximum Gasteiger partial charge on any atom is 0.266 e. The molecule has 2 aromatic carbocycles. The Balaban J connectivity index is 1.73. The van der Waals surface area contributed by atoms with Crippen molar-refractivity contribution < 1.29 is 4.79 Å². The summed E-state index contributed by atoms with van der Waals surface area (Å²) in [5, 5.41) is 4.34. The van der Waals surface area contributed by atoms with Gasteiger partial charge in [-0.25, -0.2) is 9.97 Å². The molecule has 1 amide bonds. The van der Waals surface area contributed by atoms with E-state index in [4.69, 9.17) is 23.2 Å². The summed E-state index contributed by atoms with van der Waals surface area (Å²) in [6.07, 6.45) is 1.54. The zero-order valence-electron chi connectivity index (χ0n) is 16.3. The Labute approximate surface area is 192 Å². The smallest absolute Gasteiger partial charge is 0.266 e. The molecule has 4 aromatic rings. The second-order valence-corrected chi connectivity index (χ2v) is 8.32. The zero-order valence-corrected chi connectivity index (χ0v) is 18.6. The average Bonchev–Trinajstić information content (AvgIpc) is 2.76. The van der Waals surface area contributed by atoms with E-state index in [0.717, 1.165) is 17.3 Å². The van der Waals surface area contributed by atoms with Gasteiger partial charge in [0.05, 0.1) is 28.0 Å². The highest BCUT2D eigenvalue weighted by atomic mass is 35.5. The molecule has 0 saturated heterocycles. The van der Waals surface area contributed by atoms with Crippen LogP contribution >= 0.6 is 35.0 Å². The molecule has 156 valence electrons. The Kier molecular flexibility index (Phi) is 6.27. The van der Waals surface area contributed by atoms with Crippen LogP contribution in [0.4, 0.5) is 5.69 Å². The van der Waals surface area contributed by atoms with Crippen LogP contribution in [-0.4, -0.2) is 26.2 Å². The number of pyridine rings is 1. The first-order valence-electron chi connectivity index (χ1n) is 9.26. The van der Waals surface area contributed by atoms with Crippen LogP contribution in [-0.2, 0) is 4.79 Å². The standard InChI is InChI=1S/C22H16Cl2N4O2S/c1-13-15(23)7-4-10-18(13)28-21(30)14-6-2-3-8-16(14)27-22(28)31-12-19(29)26-17-9-5-11-25-20(17)24/h2-11H,12H2,1H3,(H,26,29). The van der Waals surface area contributed by atoms with Crippen molar-refractivity contribution in [2.45, 2.75) is 12.1 Å². The maximum atomic E-state index is 13.3. The Hall–Kier alpha value is -2.87. The summed E-state index contributed by atoms with van der Waals surface area (Å²) < 4.78 is 1.50. The highest BCUT2D eigenvalue weighted by Gasteiger charge is 2.17. The predicted octanol–water partition coefficient (Wildman–Crippen LogP) is 5.13. The molecular formula is C22H16Cl2N4O2S. The molecule has 0 aliphatic rings. The van der Waals surface area contributed by atoms with Crippen LogP contribution in [0.5, 0.6) is 0 Å². The van der Waals surface area contributed by atoms with E-state index in [2.05, 4.69) is 15.3 Å². The van der Waals surface area contributed by atoms with Crippen LogP contribution in [0.1, 0.15) is 5.56 Å². The Morgan fingerprint density at radius 3 is 2.71 bits per heavy atom. The third-order valence-corrected chi connectivity index (χ3v) is 6.24. The van der Waals surface area contributed by atoms with Crippen LogP contribution in [0, 0.1) is 6.92 Å². The molecule has 0 fully saturated rings. The molecule has 9 heteroatoms. The molecular weight excluding hydrogens is 455 g/mol. The molecule has 0 aliphatic heterocycles. The van der Waals surface area contributed by atoms with Crippen LogP contribution < -0.4 is 10.9 Å². The molecule has 0 unspecified atom stereocenters. The number of para-hydroxylation sites is 1. The van der Waals surface area contributed by atoms with E-state index in [0.29, 0.717) is 32.5 Å². The van der Waals surface area contributed by atoms with Gasteiger partial charge in [0.25, 0.3) is 5.56 Å². The second-order valence-electron chi connectivity index (χ2n) is 6.61. The number of rotatable bonds is 5. The fourth-order valence-corrected chi connectivity index (χ4v) is 4.20. The van der Waals surface area contributed by atoms with Gasteiger partial charge in [0.1, 0.15) is 0 Å². The number of anilines is 1. The van der Waals surface area contributed by atoms with Crippen LogP contribution in [0.25, 0.3) is 16.6 Å². The summed E-state index contributed by atoms with van der Waals surface area (Å²) in [5.41, 5.74) is 2.12. The molecule has 0 spiro atoms. The van der Waals surface area contributed by atoms with Gasteiger partial charge in [-0.05, 0) is 48.9 Å². The van der Waals surface area contributed by atoms with Crippen molar-refractivity contribution in [3.05, 3.63) is 86.9 Å². The van der Waals surface area contributed by atoms with Gasteiger partial charge < -0.3 is 5.32 Å². The van der Waals surface area contributed by atoms with Crippen molar-refractivity contribution in [1.29, 1.82) is 0 Å². The first kappa shape index (κ1) is 21.4. The van der Waals surface area contributed by atoms with Gasteiger partial charge in [0, 0.05) is 11.2 Å². The van der Waals surface area contributed by atoms with Crippen molar-refractivity contribution in [2.75, 3.05) is 11.1 Å². The fraction of sp³-hybridized carbons (Fsp3) is 0.0909. The minimum absolute atomic E-state index is 0.0234. The summed E-state index contributed by atoms with van der Waals surface area (Å²) in [7, 11) is 0. The van der Waals surface area contributed by atoms with E-state index in [1.807, 2.05) is 13.0 Å². The summed E-state index contributed by atoms with van der Waals surface area (Å²) in [5.74, 6) is -0.271. The third kappa shape index (κ3) is 4.44. The number of fused-ring (bicyclic) bond motifs is 1. The molecule has 0 atom stereocenters. The number of nitrogens with one attached hydrogen (secondary N) is 1. The van der Waals surface area contributed by atoms with E-state index < -0.39 is 0 Å². The lowest BCUT2D eigenvalue weighted by Gasteiger charge is -2.15. The van der Waals surface area contributed by atoms with Gasteiger partial charge in [-0.3, -0.25) is 14.2 Å². The highest BCUT2D eigenvalue weighted by molar-refractivity contribution is 7.99. The Morgan fingerprint density at radius 2 is 1.90 bits per heavy atom. The van der Waals surface area contributed by atoms with Gasteiger partial charge in [-0.15, -0.1) is 0 Å². The van der Waals surface area contributed by atoms with Crippen molar-refractivity contribution >= 4 is 57.5 Å². The van der Waals surface area contributed by atoms with E-state index in [1.165, 1.54) is 10.8 Å². The molecule has 2 aromatic heterocycles. The number of aromatic nitrogens is 3. The lowest BCUT2D eigenvalue weighted by atomic mass is 10.2. The molecule has 2 heterocycles. The first-order chi connectivity index (χ1) is 15.0. The van der Waals surface area contributed by atoms with Crippen molar-refractivity contribution in [3.8, 4) is 5.69 Å². The predicted molar refractivity (Wildman–Crippen MR) is 126 cm³/mol. The molecule has 31 heavy (non-hydrogen) atoms. The largest absolute Gasteiger partial charge is 0.323 e. The Morgan fingerprint density at radius 1 is 1.10 bits per heavy atom. The Bertz CT molecular complexity index is 1360. The molecule has 0 radical (unpaired) electrons.